The summed E-state index contributed by atoms with van der Waals surface area (Å²) in [6.07, 6.45) is 0. The van der Waals surface area contributed by atoms with E-state index < -0.39 is 26.6 Å². The van der Waals surface area contributed by atoms with Crippen LogP contribution in [-0.2, 0) is 16.6 Å². The van der Waals surface area contributed by atoms with E-state index in [1.165, 1.54) is 0 Å². The average Bonchev–Trinajstić information content (AvgIpc) is 2.31. The van der Waals surface area contributed by atoms with E-state index in [-0.39, 0.29) is 19.0 Å². The predicted molar refractivity (Wildman–Crippen MR) is 69.1 cm³/mol. The molecular formula is C12H18F2N2O2S. The first-order valence-electron chi connectivity index (χ1n) is 5.90. The van der Waals surface area contributed by atoms with Crippen LogP contribution < -0.4 is 10.0 Å². The second kappa shape index (κ2) is 6.40. The number of rotatable bonds is 6. The van der Waals surface area contributed by atoms with Gasteiger partial charge in [-0.05, 0) is 30.7 Å². The second-order valence-electron chi connectivity index (χ2n) is 4.67. The summed E-state index contributed by atoms with van der Waals surface area (Å²) in [5.41, 5.74) is 0.367. The van der Waals surface area contributed by atoms with Crippen LogP contribution in [0.3, 0.4) is 0 Å². The van der Waals surface area contributed by atoms with Gasteiger partial charge in [-0.15, -0.1) is 0 Å². The van der Waals surface area contributed by atoms with Gasteiger partial charge in [0.1, 0.15) is 4.90 Å². The van der Waals surface area contributed by atoms with Crippen LogP contribution >= 0.6 is 0 Å². The molecule has 1 aromatic carbocycles. The molecule has 108 valence electrons. The molecular weight excluding hydrogens is 274 g/mol. The first kappa shape index (κ1) is 16.0. The molecule has 0 radical (unpaired) electrons. The molecule has 0 bridgehead atoms. The van der Waals surface area contributed by atoms with Gasteiger partial charge in [0.05, 0.1) is 0 Å². The number of sulfonamides is 1. The smallest absolute Gasteiger partial charge is 0.243 e. The normalized spacial score (nSPS) is 12.1. The zero-order chi connectivity index (χ0) is 14.6. The van der Waals surface area contributed by atoms with Crippen molar-refractivity contribution in [3.63, 3.8) is 0 Å². The minimum atomic E-state index is -4.04. The Morgan fingerprint density at radius 2 is 1.89 bits per heavy atom. The fraction of sp³-hybridized carbons (Fsp3) is 0.500. The van der Waals surface area contributed by atoms with Crippen molar-refractivity contribution in [2.24, 2.45) is 5.92 Å². The maximum absolute atomic E-state index is 13.6. The average molecular weight is 292 g/mol. The van der Waals surface area contributed by atoms with E-state index in [1.54, 1.807) is 7.05 Å². The highest BCUT2D eigenvalue weighted by Gasteiger charge is 2.22. The van der Waals surface area contributed by atoms with Crippen LogP contribution in [0.15, 0.2) is 17.0 Å². The predicted octanol–water partition coefficient (Wildman–Crippen LogP) is 1.62. The molecule has 2 N–H and O–H groups in total. The lowest BCUT2D eigenvalue weighted by atomic mass is 10.2. The van der Waals surface area contributed by atoms with Crippen molar-refractivity contribution in [2.45, 2.75) is 25.3 Å². The third-order valence-corrected chi connectivity index (χ3v) is 3.83. The third-order valence-electron chi connectivity index (χ3n) is 2.41. The molecule has 0 aromatic heterocycles. The molecule has 0 saturated carbocycles. The van der Waals surface area contributed by atoms with Crippen LogP contribution in [0.5, 0.6) is 0 Å². The van der Waals surface area contributed by atoms with Crippen molar-refractivity contribution < 1.29 is 17.2 Å². The molecule has 0 fully saturated rings. The minimum absolute atomic E-state index is 0.0724. The van der Waals surface area contributed by atoms with Crippen molar-refractivity contribution in [2.75, 3.05) is 13.6 Å². The number of hydrogen-bond acceptors (Lipinski definition) is 3. The summed E-state index contributed by atoms with van der Waals surface area (Å²) in [6, 6.07) is 2.12. The number of nitrogens with one attached hydrogen (secondary N) is 2. The zero-order valence-electron chi connectivity index (χ0n) is 11.1. The molecule has 0 amide bonds. The van der Waals surface area contributed by atoms with Gasteiger partial charge in [0.2, 0.25) is 10.0 Å². The Balaban J connectivity index is 3.17. The van der Waals surface area contributed by atoms with E-state index in [0.29, 0.717) is 5.56 Å². The molecule has 0 aliphatic heterocycles. The molecule has 7 heteroatoms. The van der Waals surface area contributed by atoms with E-state index in [1.807, 2.05) is 13.8 Å². The highest BCUT2D eigenvalue weighted by molar-refractivity contribution is 7.89. The maximum atomic E-state index is 13.6. The van der Waals surface area contributed by atoms with E-state index in [4.69, 9.17) is 0 Å². The van der Waals surface area contributed by atoms with Gasteiger partial charge >= 0.3 is 0 Å². The Bertz CT molecular complexity index is 545. The Labute approximate surface area is 112 Å². The Hall–Kier alpha value is -1.05. The van der Waals surface area contributed by atoms with E-state index >= 15 is 0 Å². The molecule has 0 spiro atoms. The van der Waals surface area contributed by atoms with Gasteiger partial charge in [0.15, 0.2) is 11.6 Å². The van der Waals surface area contributed by atoms with Gasteiger partial charge in [0, 0.05) is 13.1 Å². The molecule has 0 unspecified atom stereocenters. The third kappa shape index (κ3) is 4.22. The van der Waals surface area contributed by atoms with Gasteiger partial charge in [-0.3, -0.25) is 0 Å². The van der Waals surface area contributed by atoms with Crippen molar-refractivity contribution in [3.05, 3.63) is 29.3 Å². The van der Waals surface area contributed by atoms with E-state index in [0.717, 1.165) is 12.1 Å². The second-order valence-corrected chi connectivity index (χ2v) is 6.40. The first-order chi connectivity index (χ1) is 8.77. The van der Waals surface area contributed by atoms with Crippen LogP contribution in [0.4, 0.5) is 8.78 Å². The number of benzene rings is 1. The largest absolute Gasteiger partial charge is 0.316 e. The van der Waals surface area contributed by atoms with Crippen LogP contribution in [0.25, 0.3) is 0 Å². The van der Waals surface area contributed by atoms with Crippen LogP contribution in [0.2, 0.25) is 0 Å². The van der Waals surface area contributed by atoms with Crippen molar-refractivity contribution >= 4 is 10.0 Å². The minimum Gasteiger partial charge on any atom is -0.316 e. The molecule has 0 atom stereocenters. The highest BCUT2D eigenvalue weighted by atomic mass is 32.2. The fourth-order valence-electron chi connectivity index (χ4n) is 1.47. The summed E-state index contributed by atoms with van der Waals surface area (Å²) in [6.45, 7) is 4.05. The lowest BCUT2D eigenvalue weighted by molar-refractivity contribution is 0.479. The lowest BCUT2D eigenvalue weighted by Gasteiger charge is -2.11. The van der Waals surface area contributed by atoms with Gasteiger partial charge < -0.3 is 5.32 Å². The molecule has 0 aliphatic carbocycles. The van der Waals surface area contributed by atoms with E-state index in [9.17, 15) is 17.2 Å². The van der Waals surface area contributed by atoms with Gasteiger partial charge in [0.25, 0.3) is 0 Å². The summed E-state index contributed by atoms with van der Waals surface area (Å²) >= 11 is 0. The first-order valence-corrected chi connectivity index (χ1v) is 7.38. The SMILES string of the molecule is CNCc1cc(F)c(F)c(S(=O)(=O)NCC(C)C)c1. The van der Waals surface area contributed by atoms with Crippen LogP contribution in [0, 0.1) is 17.6 Å². The molecule has 0 heterocycles. The van der Waals surface area contributed by atoms with Crippen molar-refractivity contribution in [1.82, 2.24) is 10.0 Å². The molecule has 1 rings (SSSR count). The molecule has 19 heavy (non-hydrogen) atoms. The standard InChI is InChI=1S/C12H18F2N2O2S/c1-8(2)6-16-19(17,18)11-5-9(7-15-3)4-10(13)12(11)14/h4-5,8,15-16H,6-7H2,1-3H3. The summed E-state index contributed by atoms with van der Waals surface area (Å²) < 4.78 is 53.1. The Morgan fingerprint density at radius 1 is 1.26 bits per heavy atom. The van der Waals surface area contributed by atoms with Gasteiger partial charge in [-0.25, -0.2) is 21.9 Å². The van der Waals surface area contributed by atoms with E-state index in [2.05, 4.69) is 10.0 Å². The molecule has 1 aromatic rings. The Kier molecular flexibility index (Phi) is 5.39. The molecule has 4 nitrogen and oxygen atoms in total. The lowest BCUT2D eigenvalue weighted by Crippen LogP contribution is -2.28. The maximum Gasteiger partial charge on any atom is 0.243 e. The quantitative estimate of drug-likeness (QED) is 0.837. The topological polar surface area (TPSA) is 58.2 Å². The van der Waals surface area contributed by atoms with Gasteiger partial charge in [-0.2, -0.15) is 0 Å². The number of hydrogen-bond donors (Lipinski definition) is 2. The highest BCUT2D eigenvalue weighted by Crippen LogP contribution is 2.20. The Morgan fingerprint density at radius 3 is 2.42 bits per heavy atom. The fourth-order valence-corrected chi connectivity index (χ4v) is 2.82. The zero-order valence-corrected chi connectivity index (χ0v) is 11.9. The van der Waals surface area contributed by atoms with Crippen molar-refractivity contribution in [1.29, 1.82) is 0 Å². The monoisotopic (exact) mass is 292 g/mol. The summed E-state index contributed by atoms with van der Waals surface area (Å²) in [5.74, 6) is -2.45. The number of halogens is 2. The molecule has 0 saturated heterocycles. The van der Waals surface area contributed by atoms with Crippen molar-refractivity contribution in [3.8, 4) is 0 Å². The van der Waals surface area contributed by atoms with Crippen LogP contribution in [0.1, 0.15) is 19.4 Å². The summed E-state index contributed by atoms with van der Waals surface area (Å²) in [5, 5.41) is 2.76. The van der Waals surface area contributed by atoms with Crippen LogP contribution in [-0.4, -0.2) is 22.0 Å². The summed E-state index contributed by atoms with van der Waals surface area (Å²) in [7, 11) is -2.41. The molecule has 0 aliphatic rings. The van der Waals surface area contributed by atoms with Gasteiger partial charge in [-0.1, -0.05) is 13.8 Å². The summed E-state index contributed by atoms with van der Waals surface area (Å²) in [4.78, 5) is -0.654.